The van der Waals surface area contributed by atoms with Crippen LogP contribution in [0.15, 0.2) is 97.1 Å². The molecular formula is C30H34. The first-order chi connectivity index (χ1) is 14.3. The molecule has 0 heterocycles. The monoisotopic (exact) mass is 394 g/mol. The maximum absolute atomic E-state index is 2.22. The second kappa shape index (κ2) is 11.8. The summed E-state index contributed by atoms with van der Waals surface area (Å²) in [4.78, 5) is 0. The molecule has 154 valence electrons. The molecule has 0 fully saturated rings. The third-order valence-corrected chi connectivity index (χ3v) is 4.72. The van der Waals surface area contributed by atoms with Crippen molar-refractivity contribution < 1.29 is 0 Å². The molecule has 0 saturated heterocycles. The predicted octanol–water partition coefficient (Wildman–Crippen LogP) is 8.58. The summed E-state index contributed by atoms with van der Waals surface area (Å²) in [6.07, 6.45) is 0. The molecule has 0 saturated carbocycles. The molecule has 0 aromatic heterocycles. The maximum atomic E-state index is 2.22. The molecule has 0 atom stereocenters. The van der Waals surface area contributed by atoms with Crippen molar-refractivity contribution in [3.05, 3.63) is 130 Å². The molecule has 4 aromatic carbocycles. The van der Waals surface area contributed by atoms with Crippen LogP contribution in [0.5, 0.6) is 0 Å². The molecule has 0 nitrogen and oxygen atoms in total. The smallest absolute Gasteiger partial charge is 0.0181 e. The third kappa shape index (κ3) is 8.49. The normalized spacial score (nSPS) is 9.67. The van der Waals surface area contributed by atoms with E-state index in [0.717, 1.165) is 0 Å². The van der Waals surface area contributed by atoms with Crippen molar-refractivity contribution in [2.75, 3.05) is 0 Å². The molecule has 0 unspecified atom stereocenters. The highest BCUT2D eigenvalue weighted by Gasteiger charge is 1.96. The molecule has 0 N–H and O–H groups in total. The average molecular weight is 395 g/mol. The average Bonchev–Trinajstić information content (AvgIpc) is 2.69. The van der Waals surface area contributed by atoms with Gasteiger partial charge in [0.05, 0.1) is 0 Å². The highest BCUT2D eigenvalue weighted by molar-refractivity contribution is 5.64. The Bertz CT molecular complexity index is 935. The first-order valence-electron chi connectivity index (χ1n) is 10.5. The maximum Gasteiger partial charge on any atom is -0.0181 e. The second-order valence-electron chi connectivity index (χ2n) is 8.06. The molecule has 30 heavy (non-hydrogen) atoms. The molecule has 0 spiro atoms. The Morgan fingerprint density at radius 3 is 0.733 bits per heavy atom. The van der Waals surface area contributed by atoms with Gasteiger partial charge in [0.1, 0.15) is 0 Å². The van der Waals surface area contributed by atoms with Gasteiger partial charge in [-0.3, -0.25) is 0 Å². The number of hydrogen-bond donors (Lipinski definition) is 0. The van der Waals surface area contributed by atoms with Gasteiger partial charge in [-0.05, 0) is 52.7 Å². The first kappa shape index (κ1) is 23.2. The van der Waals surface area contributed by atoms with E-state index in [1.54, 1.807) is 0 Å². The van der Waals surface area contributed by atoms with Crippen LogP contribution in [0.3, 0.4) is 0 Å². The highest BCUT2D eigenvalue weighted by atomic mass is 14.0. The van der Waals surface area contributed by atoms with Crippen molar-refractivity contribution in [2.45, 2.75) is 41.5 Å². The fourth-order valence-electron chi connectivity index (χ4n) is 3.26. The third-order valence-electron chi connectivity index (χ3n) is 4.72. The van der Waals surface area contributed by atoms with Crippen LogP contribution < -0.4 is 0 Å². The Morgan fingerprint density at radius 1 is 0.300 bits per heavy atom. The Kier molecular flexibility index (Phi) is 9.09. The lowest BCUT2D eigenvalue weighted by Crippen LogP contribution is -1.80. The van der Waals surface area contributed by atoms with E-state index in [0.29, 0.717) is 0 Å². The summed E-state index contributed by atoms with van der Waals surface area (Å²) >= 11 is 0. The lowest BCUT2D eigenvalue weighted by atomic mass is 10.0. The first-order valence-corrected chi connectivity index (χ1v) is 10.5. The molecule has 4 rings (SSSR count). The van der Waals surface area contributed by atoms with E-state index in [4.69, 9.17) is 0 Å². The van der Waals surface area contributed by atoms with E-state index in [9.17, 15) is 0 Å². The quantitative estimate of drug-likeness (QED) is 0.303. The lowest BCUT2D eigenvalue weighted by molar-refractivity contribution is 1.39. The number of rotatable bonds is 1. The van der Waals surface area contributed by atoms with Crippen molar-refractivity contribution in [3.63, 3.8) is 0 Å². The van der Waals surface area contributed by atoms with Gasteiger partial charge in [-0.1, -0.05) is 130 Å². The van der Waals surface area contributed by atoms with Crippen LogP contribution in [0.4, 0.5) is 0 Å². The van der Waals surface area contributed by atoms with Gasteiger partial charge in [-0.15, -0.1) is 0 Å². The zero-order chi connectivity index (χ0) is 21.9. The Balaban J connectivity index is 0.000000172. The van der Waals surface area contributed by atoms with Crippen LogP contribution in [0.2, 0.25) is 0 Å². The largest absolute Gasteiger partial charge is 0.0617 e. The van der Waals surface area contributed by atoms with Gasteiger partial charge in [0.15, 0.2) is 0 Å². The van der Waals surface area contributed by atoms with E-state index in [1.165, 1.54) is 44.5 Å². The van der Waals surface area contributed by atoms with Crippen molar-refractivity contribution in [1.82, 2.24) is 0 Å². The Hall–Kier alpha value is -3.12. The van der Waals surface area contributed by atoms with Gasteiger partial charge in [0, 0.05) is 0 Å². The SMILES string of the molecule is Cc1cccc(-c2cccc(C)c2)c1.Cc1cccc(C)c1.Cc1cccc(C)c1. The van der Waals surface area contributed by atoms with E-state index >= 15 is 0 Å². The minimum absolute atomic E-state index is 1.30. The summed E-state index contributed by atoms with van der Waals surface area (Å²) < 4.78 is 0. The van der Waals surface area contributed by atoms with Gasteiger partial charge >= 0.3 is 0 Å². The van der Waals surface area contributed by atoms with Crippen molar-refractivity contribution in [1.29, 1.82) is 0 Å². The highest BCUT2D eigenvalue weighted by Crippen LogP contribution is 2.20. The second-order valence-corrected chi connectivity index (χ2v) is 8.06. The molecule has 0 bridgehead atoms. The molecule has 0 radical (unpaired) electrons. The molecule has 4 aromatic rings. The Labute approximate surface area is 183 Å². The van der Waals surface area contributed by atoms with Crippen LogP contribution >= 0.6 is 0 Å². The van der Waals surface area contributed by atoms with Crippen LogP contribution in [0.25, 0.3) is 11.1 Å². The fraction of sp³-hybridized carbons (Fsp3) is 0.200. The lowest BCUT2D eigenvalue weighted by Gasteiger charge is -2.03. The zero-order valence-electron chi connectivity index (χ0n) is 19.2. The van der Waals surface area contributed by atoms with Gasteiger partial charge < -0.3 is 0 Å². The van der Waals surface area contributed by atoms with Crippen molar-refractivity contribution in [2.24, 2.45) is 0 Å². The Morgan fingerprint density at radius 2 is 0.533 bits per heavy atom. The number of aryl methyl sites for hydroxylation is 6. The molecular weight excluding hydrogens is 360 g/mol. The van der Waals surface area contributed by atoms with Gasteiger partial charge in [-0.2, -0.15) is 0 Å². The van der Waals surface area contributed by atoms with Crippen molar-refractivity contribution >= 4 is 0 Å². The van der Waals surface area contributed by atoms with Crippen molar-refractivity contribution in [3.8, 4) is 11.1 Å². The van der Waals surface area contributed by atoms with Gasteiger partial charge in [-0.25, -0.2) is 0 Å². The zero-order valence-corrected chi connectivity index (χ0v) is 19.2. The molecule has 0 aliphatic rings. The van der Waals surface area contributed by atoms with E-state index in [-0.39, 0.29) is 0 Å². The molecule has 0 heteroatoms. The molecule has 0 amide bonds. The van der Waals surface area contributed by atoms with E-state index in [2.05, 4.69) is 139 Å². The summed E-state index contributed by atoms with van der Waals surface area (Å²) in [6.45, 7) is 12.7. The molecule has 0 aliphatic heterocycles. The van der Waals surface area contributed by atoms with E-state index in [1.807, 2.05) is 0 Å². The number of hydrogen-bond acceptors (Lipinski definition) is 0. The summed E-state index contributed by atoms with van der Waals surface area (Å²) in [6, 6.07) is 34.1. The van der Waals surface area contributed by atoms with Gasteiger partial charge in [0.2, 0.25) is 0 Å². The van der Waals surface area contributed by atoms with Crippen LogP contribution in [0.1, 0.15) is 33.4 Å². The number of benzene rings is 4. The van der Waals surface area contributed by atoms with Crippen LogP contribution in [0, 0.1) is 41.5 Å². The standard InChI is InChI=1S/C14H14.2C8H10/c1-11-5-3-7-13(9-11)14-8-4-6-12(2)10-14;2*1-7-4-3-5-8(2)6-7/h3-10H,1-2H3;2*3-6H,1-2H3. The minimum Gasteiger partial charge on any atom is -0.0617 e. The van der Waals surface area contributed by atoms with E-state index < -0.39 is 0 Å². The summed E-state index contributed by atoms with van der Waals surface area (Å²) in [7, 11) is 0. The van der Waals surface area contributed by atoms with Gasteiger partial charge in [0.25, 0.3) is 0 Å². The topological polar surface area (TPSA) is 0 Å². The summed E-state index contributed by atoms with van der Waals surface area (Å²) in [5.74, 6) is 0. The summed E-state index contributed by atoms with van der Waals surface area (Å²) in [5, 5.41) is 0. The fourth-order valence-corrected chi connectivity index (χ4v) is 3.26. The summed E-state index contributed by atoms with van der Waals surface area (Å²) in [5.41, 5.74) is 10.6. The van der Waals surface area contributed by atoms with Crippen LogP contribution in [-0.2, 0) is 0 Å². The van der Waals surface area contributed by atoms with Crippen LogP contribution in [-0.4, -0.2) is 0 Å². The predicted molar refractivity (Wildman–Crippen MR) is 133 cm³/mol. The molecule has 0 aliphatic carbocycles. The minimum atomic E-state index is 1.30.